The Kier molecular flexibility index (Phi) is 5.13. The van der Waals surface area contributed by atoms with Crippen LogP contribution in [-0.4, -0.2) is 35.8 Å². The number of nitrogens with zero attached hydrogens (tertiary/aromatic N) is 3. The monoisotopic (exact) mass is 430 g/mol. The maximum absolute atomic E-state index is 13.0. The number of fused-ring (bicyclic) bond motifs is 1. The molecule has 6 nitrogen and oxygen atoms in total. The minimum atomic E-state index is -3.49. The van der Waals surface area contributed by atoms with Crippen LogP contribution in [0.15, 0.2) is 83.8 Å². The molecule has 0 atom stereocenters. The van der Waals surface area contributed by atoms with Crippen molar-refractivity contribution in [3.63, 3.8) is 0 Å². The zero-order valence-electron chi connectivity index (χ0n) is 16.9. The minimum Gasteiger partial charge on any atom is -0.340 e. The number of hydrogen-bond donors (Lipinski definition) is 1. The summed E-state index contributed by atoms with van der Waals surface area (Å²) in [6, 6.07) is 24.5. The Morgan fingerprint density at radius 1 is 0.806 bits per heavy atom. The van der Waals surface area contributed by atoms with Gasteiger partial charge in [-0.1, -0.05) is 48.5 Å². The van der Waals surface area contributed by atoms with E-state index in [1.54, 1.807) is 22.5 Å². The van der Waals surface area contributed by atoms with Crippen LogP contribution < -0.4 is 5.32 Å². The summed E-state index contributed by atoms with van der Waals surface area (Å²) in [6.45, 7) is 1.16. The zero-order chi connectivity index (χ0) is 21.3. The lowest BCUT2D eigenvalue weighted by atomic mass is 10.2. The van der Waals surface area contributed by atoms with E-state index in [0.717, 1.165) is 29.3 Å². The Hall–Kier alpha value is -3.29. The Labute approximate surface area is 181 Å². The second kappa shape index (κ2) is 8.09. The third kappa shape index (κ3) is 3.89. The highest BCUT2D eigenvalue weighted by Gasteiger charge is 2.27. The van der Waals surface area contributed by atoms with Crippen molar-refractivity contribution in [2.45, 2.75) is 17.7 Å². The molecule has 0 spiro atoms. The molecular formula is C24H22N4O2S. The van der Waals surface area contributed by atoms with Crippen molar-refractivity contribution in [1.82, 2.24) is 14.3 Å². The summed E-state index contributed by atoms with van der Waals surface area (Å²) in [5, 5.41) is 4.20. The molecule has 2 heterocycles. The number of benzene rings is 3. The van der Waals surface area contributed by atoms with E-state index in [-0.39, 0.29) is 0 Å². The van der Waals surface area contributed by atoms with E-state index in [1.165, 1.54) is 0 Å². The molecule has 0 bridgehead atoms. The highest BCUT2D eigenvalue weighted by molar-refractivity contribution is 7.89. The predicted octanol–water partition coefficient (Wildman–Crippen LogP) is 4.82. The Bertz CT molecular complexity index is 1330. The molecule has 1 aliphatic rings. The number of anilines is 2. The first-order chi connectivity index (χ1) is 15.1. The number of hydrogen-bond acceptors (Lipinski definition) is 5. The Balaban J connectivity index is 1.55. The molecule has 0 aliphatic carbocycles. The fourth-order valence-electron chi connectivity index (χ4n) is 3.84. The summed E-state index contributed by atoms with van der Waals surface area (Å²) in [4.78, 5) is 9.75. The van der Waals surface area contributed by atoms with Crippen LogP contribution in [0.2, 0.25) is 0 Å². The van der Waals surface area contributed by atoms with Crippen molar-refractivity contribution in [3.05, 3.63) is 78.9 Å². The highest BCUT2D eigenvalue weighted by Crippen LogP contribution is 2.29. The highest BCUT2D eigenvalue weighted by atomic mass is 32.2. The number of aromatic nitrogens is 2. The second-order valence-corrected chi connectivity index (χ2v) is 9.48. The van der Waals surface area contributed by atoms with E-state index >= 15 is 0 Å². The van der Waals surface area contributed by atoms with E-state index in [4.69, 9.17) is 9.97 Å². The minimum absolute atomic E-state index is 0.293. The van der Waals surface area contributed by atoms with Gasteiger partial charge in [0.05, 0.1) is 10.4 Å². The number of para-hydroxylation sites is 1. The molecule has 1 aliphatic heterocycles. The van der Waals surface area contributed by atoms with Crippen LogP contribution in [0.25, 0.3) is 22.3 Å². The van der Waals surface area contributed by atoms with Gasteiger partial charge in [-0.15, -0.1) is 0 Å². The lowest BCUT2D eigenvalue weighted by Crippen LogP contribution is -2.27. The fourth-order valence-corrected chi connectivity index (χ4v) is 5.40. The van der Waals surface area contributed by atoms with Gasteiger partial charge in [-0.2, -0.15) is 4.31 Å². The molecule has 4 aromatic rings. The summed E-state index contributed by atoms with van der Waals surface area (Å²) in [5.41, 5.74) is 2.41. The molecule has 1 aromatic heterocycles. The molecule has 1 N–H and O–H groups in total. The van der Waals surface area contributed by atoms with Crippen molar-refractivity contribution < 1.29 is 8.42 Å². The molecule has 3 aromatic carbocycles. The summed E-state index contributed by atoms with van der Waals surface area (Å²) >= 11 is 0. The largest absolute Gasteiger partial charge is 0.340 e. The van der Waals surface area contributed by atoms with Crippen molar-refractivity contribution >= 4 is 32.4 Å². The molecule has 31 heavy (non-hydrogen) atoms. The first kappa shape index (κ1) is 19.7. The molecule has 156 valence electrons. The average molecular weight is 431 g/mol. The zero-order valence-corrected chi connectivity index (χ0v) is 17.7. The number of sulfonamides is 1. The normalized spacial score (nSPS) is 14.7. The molecule has 7 heteroatoms. The quantitative estimate of drug-likeness (QED) is 0.491. The first-order valence-electron chi connectivity index (χ1n) is 10.3. The van der Waals surface area contributed by atoms with Crippen LogP contribution in [0, 0.1) is 0 Å². The van der Waals surface area contributed by atoms with Crippen molar-refractivity contribution in [3.8, 4) is 11.4 Å². The Morgan fingerprint density at radius 3 is 2.35 bits per heavy atom. The van der Waals surface area contributed by atoms with Crippen LogP contribution >= 0.6 is 0 Å². The lowest BCUT2D eigenvalue weighted by molar-refractivity contribution is 0.477. The molecule has 5 rings (SSSR count). The average Bonchev–Trinajstić information content (AvgIpc) is 3.36. The SMILES string of the molecule is O=S(=O)(c1cccc(Nc2nc(-c3ccccc3)nc3ccccc23)c1)N1CCCC1. The van der Waals surface area contributed by atoms with Gasteiger partial charge in [0.25, 0.3) is 0 Å². The van der Waals surface area contributed by atoms with Gasteiger partial charge >= 0.3 is 0 Å². The van der Waals surface area contributed by atoms with Crippen LogP contribution in [0.3, 0.4) is 0 Å². The van der Waals surface area contributed by atoms with Gasteiger partial charge in [-0.3, -0.25) is 0 Å². The van der Waals surface area contributed by atoms with Crippen LogP contribution in [0.5, 0.6) is 0 Å². The maximum atomic E-state index is 13.0. The molecule has 1 saturated heterocycles. The van der Waals surface area contributed by atoms with E-state index in [1.807, 2.05) is 60.7 Å². The van der Waals surface area contributed by atoms with Gasteiger partial charge in [0, 0.05) is 29.7 Å². The smallest absolute Gasteiger partial charge is 0.243 e. The second-order valence-electron chi connectivity index (χ2n) is 7.54. The summed E-state index contributed by atoms with van der Waals surface area (Å²) in [6.07, 6.45) is 1.82. The van der Waals surface area contributed by atoms with Crippen LogP contribution in [0.1, 0.15) is 12.8 Å². The topological polar surface area (TPSA) is 75.2 Å². The van der Waals surface area contributed by atoms with E-state index in [0.29, 0.717) is 35.3 Å². The van der Waals surface area contributed by atoms with Gasteiger partial charge in [0.15, 0.2) is 5.82 Å². The van der Waals surface area contributed by atoms with E-state index < -0.39 is 10.0 Å². The van der Waals surface area contributed by atoms with Gasteiger partial charge in [-0.05, 0) is 43.2 Å². The van der Waals surface area contributed by atoms with Crippen molar-refractivity contribution in [1.29, 1.82) is 0 Å². The first-order valence-corrected chi connectivity index (χ1v) is 11.7. The van der Waals surface area contributed by atoms with Crippen molar-refractivity contribution in [2.75, 3.05) is 18.4 Å². The van der Waals surface area contributed by atoms with E-state index in [9.17, 15) is 8.42 Å². The van der Waals surface area contributed by atoms with Gasteiger partial charge in [0.1, 0.15) is 5.82 Å². The Morgan fingerprint density at radius 2 is 1.55 bits per heavy atom. The standard InChI is InChI=1S/C24H22N4O2S/c29-31(30,28-15-6-7-16-28)20-12-8-11-19(17-20)25-24-21-13-4-5-14-22(21)26-23(27-24)18-9-2-1-3-10-18/h1-5,8-14,17H,6-7,15-16H2,(H,25,26,27). The fraction of sp³-hybridized carbons (Fsp3) is 0.167. The maximum Gasteiger partial charge on any atom is 0.243 e. The summed E-state index contributed by atoms with van der Waals surface area (Å²) in [7, 11) is -3.49. The van der Waals surface area contributed by atoms with Crippen LogP contribution in [0.4, 0.5) is 11.5 Å². The molecule has 0 radical (unpaired) electrons. The van der Waals surface area contributed by atoms with E-state index in [2.05, 4.69) is 5.32 Å². The van der Waals surface area contributed by atoms with Gasteiger partial charge in [-0.25, -0.2) is 18.4 Å². The number of rotatable bonds is 5. The molecule has 0 saturated carbocycles. The molecule has 0 amide bonds. The van der Waals surface area contributed by atoms with Gasteiger partial charge in [0.2, 0.25) is 10.0 Å². The molecule has 0 unspecified atom stereocenters. The van der Waals surface area contributed by atoms with Gasteiger partial charge < -0.3 is 5.32 Å². The van der Waals surface area contributed by atoms with Crippen molar-refractivity contribution in [2.24, 2.45) is 0 Å². The molecular weight excluding hydrogens is 408 g/mol. The summed E-state index contributed by atoms with van der Waals surface area (Å²) < 4.78 is 27.5. The van der Waals surface area contributed by atoms with Crippen LogP contribution in [-0.2, 0) is 10.0 Å². The molecule has 1 fully saturated rings. The lowest BCUT2D eigenvalue weighted by Gasteiger charge is -2.16. The number of nitrogens with one attached hydrogen (secondary N) is 1. The third-order valence-corrected chi connectivity index (χ3v) is 7.33. The summed E-state index contributed by atoms with van der Waals surface area (Å²) in [5.74, 6) is 1.25. The third-order valence-electron chi connectivity index (χ3n) is 5.43. The predicted molar refractivity (Wildman–Crippen MR) is 123 cm³/mol.